The number of aromatic nitrogens is 2. The number of thioether (sulfide) groups is 1. The number of anilines is 1. The molecule has 1 amide bonds. The van der Waals surface area contributed by atoms with Crippen LogP contribution in [0.3, 0.4) is 0 Å². The fourth-order valence-corrected chi connectivity index (χ4v) is 4.58. The molecule has 3 aromatic rings. The number of carbonyl (C=O) groups is 2. The minimum Gasteiger partial charge on any atom is -0.549 e. The minimum atomic E-state index is -1.11. The molecule has 0 fully saturated rings. The maximum atomic E-state index is 13.1. The molecule has 0 saturated heterocycles. The van der Waals surface area contributed by atoms with E-state index in [1.54, 1.807) is 21.0 Å². The van der Waals surface area contributed by atoms with E-state index in [2.05, 4.69) is 12.2 Å². The molecule has 7 nitrogen and oxygen atoms in total. The van der Waals surface area contributed by atoms with Crippen LogP contribution in [0.15, 0.2) is 53.4 Å². The summed E-state index contributed by atoms with van der Waals surface area (Å²) in [5.74, 6) is -0.696. The largest absolute Gasteiger partial charge is 1.00 e. The number of methoxy groups -OCH3 is 1. The van der Waals surface area contributed by atoms with Gasteiger partial charge in [-0.15, -0.1) is 11.8 Å². The van der Waals surface area contributed by atoms with Gasteiger partial charge in [-0.25, -0.2) is 4.98 Å². The third-order valence-corrected chi connectivity index (χ3v) is 6.95. The number of amides is 1. The Morgan fingerprint density at radius 1 is 1.11 bits per heavy atom. The number of ether oxygens (including phenoxy) is 1. The maximum Gasteiger partial charge on any atom is 1.00 e. The first-order chi connectivity index (χ1) is 16.7. The Bertz CT molecular complexity index is 1170. The third-order valence-electron chi connectivity index (χ3n) is 5.76. The van der Waals surface area contributed by atoms with Gasteiger partial charge in [0.1, 0.15) is 11.5 Å². The second kappa shape index (κ2) is 13.4. The molecule has 0 saturated carbocycles. The van der Waals surface area contributed by atoms with E-state index in [0.717, 1.165) is 34.7 Å². The Hall–Kier alpha value is -2.10. The first-order valence-corrected chi connectivity index (χ1v) is 12.4. The predicted molar refractivity (Wildman–Crippen MR) is 138 cm³/mol. The van der Waals surface area contributed by atoms with Crippen LogP contribution in [0.1, 0.15) is 48.9 Å². The van der Waals surface area contributed by atoms with Crippen LogP contribution in [-0.2, 0) is 22.5 Å². The number of nitrogens with one attached hydrogen (secondary N) is 1. The number of nitrogens with zero attached hydrogens (tertiary/aromatic N) is 2. The number of carboxylic acids is 1. The van der Waals surface area contributed by atoms with Crippen LogP contribution >= 0.6 is 11.8 Å². The molecular formula is C27H32N3NaO4S. The van der Waals surface area contributed by atoms with Gasteiger partial charge in [0.05, 0.1) is 10.7 Å². The second-order valence-electron chi connectivity index (χ2n) is 8.80. The van der Waals surface area contributed by atoms with E-state index in [9.17, 15) is 14.7 Å². The molecule has 36 heavy (non-hydrogen) atoms. The van der Waals surface area contributed by atoms with Crippen molar-refractivity contribution in [2.45, 2.75) is 56.7 Å². The van der Waals surface area contributed by atoms with E-state index in [1.807, 2.05) is 60.0 Å². The molecule has 3 rings (SSSR count). The van der Waals surface area contributed by atoms with Gasteiger partial charge in [0.2, 0.25) is 0 Å². The number of hydrogen-bond acceptors (Lipinski definition) is 6. The van der Waals surface area contributed by atoms with E-state index in [4.69, 9.17) is 9.72 Å². The fourth-order valence-electron chi connectivity index (χ4n) is 3.63. The minimum absolute atomic E-state index is 0. The predicted octanol–water partition coefficient (Wildman–Crippen LogP) is 1.33. The maximum absolute atomic E-state index is 13.1. The van der Waals surface area contributed by atoms with E-state index in [1.165, 1.54) is 17.3 Å². The second-order valence-corrected chi connectivity index (χ2v) is 10.5. The van der Waals surface area contributed by atoms with Crippen molar-refractivity contribution in [3.05, 3.63) is 65.5 Å². The van der Waals surface area contributed by atoms with Gasteiger partial charge in [0, 0.05) is 42.1 Å². The molecule has 0 aliphatic carbocycles. The summed E-state index contributed by atoms with van der Waals surface area (Å²) in [5.41, 5.74) is 3.91. The van der Waals surface area contributed by atoms with Crippen molar-refractivity contribution < 1.29 is 49.0 Å². The molecule has 186 valence electrons. The Morgan fingerprint density at radius 3 is 2.31 bits per heavy atom. The summed E-state index contributed by atoms with van der Waals surface area (Å²) in [6.07, 6.45) is 1.71. The van der Waals surface area contributed by atoms with Crippen molar-refractivity contribution >= 4 is 29.3 Å². The van der Waals surface area contributed by atoms with Crippen LogP contribution in [0, 0.1) is 6.92 Å². The normalized spacial score (nSPS) is 11.1. The molecule has 0 unspecified atom stereocenters. The molecule has 9 heteroatoms. The van der Waals surface area contributed by atoms with Gasteiger partial charge in [0.25, 0.3) is 5.91 Å². The first kappa shape index (κ1) is 30.1. The summed E-state index contributed by atoms with van der Waals surface area (Å²) < 4.78 is 6.20. The van der Waals surface area contributed by atoms with E-state index in [-0.39, 0.29) is 35.5 Å². The Balaban J connectivity index is 0.00000456. The molecule has 0 atom stereocenters. The standard InChI is InChI=1S/C27H33N3O4S.Na/c1-6-19-8-12-21(13-9-19)28-25(31)23-18(2)30(16-7-17-34-5)24(29-23)20-10-14-22(15-11-20)35-27(3,4)26(32)33;/h8-15H,6-7,16-17H2,1-5H3,(H,28,31)(H,32,33);/q;+1/p-1. The van der Waals surface area contributed by atoms with Gasteiger partial charge < -0.3 is 24.5 Å². The van der Waals surface area contributed by atoms with Gasteiger partial charge in [-0.05, 0) is 63.4 Å². The first-order valence-electron chi connectivity index (χ1n) is 11.6. The summed E-state index contributed by atoms with van der Waals surface area (Å²) >= 11 is 1.23. The van der Waals surface area contributed by atoms with Gasteiger partial charge in [-0.2, -0.15) is 0 Å². The Morgan fingerprint density at radius 2 is 1.75 bits per heavy atom. The molecule has 1 aromatic heterocycles. The summed E-state index contributed by atoms with van der Waals surface area (Å²) in [6.45, 7) is 8.46. The van der Waals surface area contributed by atoms with Crippen LogP contribution < -0.4 is 40.0 Å². The van der Waals surface area contributed by atoms with Crippen molar-refractivity contribution in [3.63, 3.8) is 0 Å². The average molecular weight is 518 g/mol. The molecule has 0 bridgehead atoms. The topological polar surface area (TPSA) is 96.3 Å². The number of carboxylic acid groups (broad SMARTS) is 1. The van der Waals surface area contributed by atoms with Crippen LogP contribution in [-0.4, -0.2) is 39.9 Å². The number of aryl methyl sites for hydroxylation is 1. The molecule has 0 aliphatic heterocycles. The molecular weight excluding hydrogens is 485 g/mol. The molecule has 0 radical (unpaired) electrons. The number of hydrogen-bond donors (Lipinski definition) is 1. The smallest absolute Gasteiger partial charge is 0.549 e. The van der Waals surface area contributed by atoms with E-state index in [0.29, 0.717) is 24.7 Å². The van der Waals surface area contributed by atoms with E-state index >= 15 is 0 Å². The van der Waals surface area contributed by atoms with Crippen LogP contribution in [0.25, 0.3) is 11.4 Å². The summed E-state index contributed by atoms with van der Waals surface area (Å²) in [6, 6.07) is 15.3. The summed E-state index contributed by atoms with van der Waals surface area (Å²) in [7, 11) is 1.66. The van der Waals surface area contributed by atoms with Crippen molar-refractivity contribution in [2.24, 2.45) is 0 Å². The van der Waals surface area contributed by atoms with Crippen molar-refractivity contribution in [1.29, 1.82) is 0 Å². The fraction of sp³-hybridized carbons (Fsp3) is 0.370. The van der Waals surface area contributed by atoms with Gasteiger partial charge in [-0.1, -0.05) is 31.2 Å². The third kappa shape index (κ3) is 7.46. The van der Waals surface area contributed by atoms with Crippen molar-refractivity contribution in [1.82, 2.24) is 9.55 Å². The Labute approximate surface area is 239 Å². The molecule has 0 spiro atoms. The SMILES string of the molecule is CCc1ccc(NC(=O)c2nc(-c3ccc(SC(C)(C)C(=O)[O-])cc3)n(CCCOC)c2C)cc1.[Na+]. The van der Waals surface area contributed by atoms with Crippen LogP contribution in [0.5, 0.6) is 0 Å². The summed E-state index contributed by atoms with van der Waals surface area (Å²) in [4.78, 5) is 30.0. The zero-order chi connectivity index (χ0) is 25.6. The molecule has 1 heterocycles. The van der Waals surface area contributed by atoms with Gasteiger partial charge >= 0.3 is 29.6 Å². The number of benzene rings is 2. The van der Waals surface area contributed by atoms with Crippen molar-refractivity contribution in [3.8, 4) is 11.4 Å². The zero-order valence-electron chi connectivity index (χ0n) is 21.9. The van der Waals surface area contributed by atoms with E-state index < -0.39 is 10.7 Å². The Kier molecular flexibility index (Phi) is 11.3. The number of imidazole rings is 1. The average Bonchev–Trinajstić information content (AvgIpc) is 3.16. The zero-order valence-corrected chi connectivity index (χ0v) is 24.7. The number of rotatable bonds is 11. The van der Waals surface area contributed by atoms with Gasteiger partial charge in [0.15, 0.2) is 0 Å². The number of aliphatic carboxylic acids is 1. The molecule has 1 N–H and O–H groups in total. The quantitative estimate of drug-likeness (QED) is 0.234. The van der Waals surface area contributed by atoms with Gasteiger partial charge in [-0.3, -0.25) is 4.79 Å². The molecule has 0 aliphatic rings. The number of carbonyl (C=O) groups excluding carboxylic acids is 2. The van der Waals surface area contributed by atoms with Crippen molar-refractivity contribution in [2.75, 3.05) is 19.0 Å². The molecule has 2 aromatic carbocycles. The van der Waals surface area contributed by atoms with Crippen LogP contribution in [0.2, 0.25) is 0 Å². The summed E-state index contributed by atoms with van der Waals surface area (Å²) in [5, 5.41) is 14.3. The van der Waals surface area contributed by atoms with Crippen LogP contribution in [0.4, 0.5) is 5.69 Å². The monoisotopic (exact) mass is 517 g/mol.